The van der Waals surface area contributed by atoms with Crippen LogP contribution in [-0.4, -0.2) is 29.5 Å². The van der Waals surface area contributed by atoms with E-state index < -0.39 is 0 Å². The molecule has 1 aromatic heterocycles. The molecular formula is C17H20FN3. The van der Waals surface area contributed by atoms with Crippen LogP contribution in [0.1, 0.15) is 24.4 Å². The highest BCUT2D eigenvalue weighted by atomic mass is 19.1. The minimum absolute atomic E-state index is 0.180. The lowest BCUT2D eigenvalue weighted by Gasteiger charge is -2.28. The van der Waals surface area contributed by atoms with Gasteiger partial charge in [0, 0.05) is 24.6 Å². The van der Waals surface area contributed by atoms with Crippen LogP contribution in [0.2, 0.25) is 0 Å². The van der Waals surface area contributed by atoms with Crippen molar-refractivity contribution in [2.24, 2.45) is 0 Å². The Balaban J connectivity index is 1.74. The van der Waals surface area contributed by atoms with Gasteiger partial charge in [-0.2, -0.15) is 0 Å². The quantitative estimate of drug-likeness (QED) is 0.911. The molecular weight excluding hydrogens is 265 g/mol. The van der Waals surface area contributed by atoms with E-state index in [2.05, 4.69) is 15.2 Å². The highest BCUT2D eigenvalue weighted by Crippen LogP contribution is 2.25. The van der Waals surface area contributed by atoms with Crippen molar-refractivity contribution in [2.75, 3.05) is 25.0 Å². The number of hydrogen-bond donors (Lipinski definition) is 1. The van der Waals surface area contributed by atoms with Gasteiger partial charge >= 0.3 is 0 Å². The Morgan fingerprint density at radius 1 is 1.05 bits per heavy atom. The van der Waals surface area contributed by atoms with Gasteiger partial charge in [0.05, 0.1) is 6.04 Å². The highest BCUT2D eigenvalue weighted by molar-refractivity contribution is 5.41. The molecule has 1 saturated heterocycles. The lowest BCUT2D eigenvalue weighted by molar-refractivity contribution is 0.256. The van der Waals surface area contributed by atoms with Gasteiger partial charge in [-0.15, -0.1) is 0 Å². The maximum atomic E-state index is 13.1. The SMILES string of the molecule is Fc1ccc(C(CNc2ccncc2)N2CCCC2)cc1. The minimum Gasteiger partial charge on any atom is -0.383 e. The summed E-state index contributed by atoms with van der Waals surface area (Å²) in [5.41, 5.74) is 2.23. The minimum atomic E-state index is -0.180. The van der Waals surface area contributed by atoms with Gasteiger partial charge in [-0.3, -0.25) is 9.88 Å². The predicted octanol–water partition coefficient (Wildman–Crippen LogP) is 3.47. The van der Waals surface area contributed by atoms with Crippen molar-refractivity contribution in [1.82, 2.24) is 9.88 Å². The molecule has 4 heteroatoms. The molecule has 0 amide bonds. The van der Waals surface area contributed by atoms with Crippen molar-refractivity contribution in [2.45, 2.75) is 18.9 Å². The Morgan fingerprint density at radius 3 is 2.38 bits per heavy atom. The summed E-state index contributed by atoms with van der Waals surface area (Å²) in [6, 6.07) is 11.1. The van der Waals surface area contributed by atoms with Crippen LogP contribution in [0.3, 0.4) is 0 Å². The summed E-state index contributed by atoms with van der Waals surface area (Å²) in [4.78, 5) is 6.50. The number of nitrogens with one attached hydrogen (secondary N) is 1. The molecule has 1 aromatic carbocycles. The number of benzene rings is 1. The van der Waals surface area contributed by atoms with Gasteiger partial charge in [-0.25, -0.2) is 4.39 Å². The molecule has 0 bridgehead atoms. The lowest BCUT2D eigenvalue weighted by Crippen LogP contribution is -2.31. The average Bonchev–Trinajstić information content (AvgIpc) is 3.04. The fourth-order valence-electron chi connectivity index (χ4n) is 2.88. The molecule has 0 aliphatic carbocycles. The van der Waals surface area contributed by atoms with E-state index in [0.29, 0.717) is 0 Å². The van der Waals surface area contributed by atoms with E-state index in [4.69, 9.17) is 0 Å². The Morgan fingerprint density at radius 2 is 1.71 bits per heavy atom. The largest absolute Gasteiger partial charge is 0.383 e. The van der Waals surface area contributed by atoms with Crippen LogP contribution < -0.4 is 5.32 Å². The van der Waals surface area contributed by atoms with Crippen LogP contribution in [0.25, 0.3) is 0 Å². The number of halogens is 1. The zero-order valence-corrected chi connectivity index (χ0v) is 12.0. The molecule has 3 rings (SSSR count). The number of pyridine rings is 1. The van der Waals surface area contributed by atoms with Crippen molar-refractivity contribution in [3.8, 4) is 0 Å². The van der Waals surface area contributed by atoms with E-state index in [1.807, 2.05) is 24.3 Å². The maximum absolute atomic E-state index is 13.1. The molecule has 1 fully saturated rings. The second kappa shape index (κ2) is 6.68. The second-order valence-corrected chi connectivity index (χ2v) is 5.43. The van der Waals surface area contributed by atoms with Gasteiger partial charge in [0.2, 0.25) is 0 Å². The first-order valence-electron chi connectivity index (χ1n) is 7.46. The topological polar surface area (TPSA) is 28.2 Å². The van der Waals surface area contributed by atoms with Crippen molar-refractivity contribution in [1.29, 1.82) is 0 Å². The third-order valence-electron chi connectivity index (χ3n) is 4.02. The van der Waals surface area contributed by atoms with Crippen molar-refractivity contribution in [3.05, 3.63) is 60.2 Å². The predicted molar refractivity (Wildman–Crippen MR) is 82.7 cm³/mol. The second-order valence-electron chi connectivity index (χ2n) is 5.43. The fourth-order valence-corrected chi connectivity index (χ4v) is 2.88. The Kier molecular flexibility index (Phi) is 4.46. The van der Waals surface area contributed by atoms with Gasteiger partial charge in [-0.05, 0) is 55.8 Å². The molecule has 110 valence electrons. The first-order valence-corrected chi connectivity index (χ1v) is 7.46. The molecule has 21 heavy (non-hydrogen) atoms. The van der Waals surface area contributed by atoms with E-state index >= 15 is 0 Å². The molecule has 2 heterocycles. The highest BCUT2D eigenvalue weighted by Gasteiger charge is 2.23. The number of nitrogens with zero attached hydrogens (tertiary/aromatic N) is 2. The summed E-state index contributed by atoms with van der Waals surface area (Å²) in [5.74, 6) is -0.180. The van der Waals surface area contributed by atoms with Gasteiger partial charge < -0.3 is 5.32 Å². The third-order valence-corrected chi connectivity index (χ3v) is 4.02. The van der Waals surface area contributed by atoms with Crippen LogP contribution in [0, 0.1) is 5.82 Å². The summed E-state index contributed by atoms with van der Waals surface area (Å²) in [6.45, 7) is 3.04. The standard InChI is InChI=1S/C17H20FN3/c18-15-5-3-14(4-6-15)17(21-11-1-2-12-21)13-20-16-7-9-19-10-8-16/h3-10,17H,1-2,11-13H2,(H,19,20). The summed E-state index contributed by atoms with van der Waals surface area (Å²) in [6.07, 6.45) is 6.05. The normalized spacial score (nSPS) is 16.8. The van der Waals surface area contributed by atoms with Crippen molar-refractivity contribution < 1.29 is 4.39 Å². The molecule has 0 saturated carbocycles. The fraction of sp³-hybridized carbons (Fsp3) is 0.353. The van der Waals surface area contributed by atoms with Crippen molar-refractivity contribution in [3.63, 3.8) is 0 Å². The monoisotopic (exact) mass is 285 g/mol. The average molecular weight is 285 g/mol. The van der Waals surface area contributed by atoms with Gasteiger partial charge in [-0.1, -0.05) is 12.1 Å². The molecule has 2 aromatic rings. The van der Waals surface area contributed by atoms with E-state index in [-0.39, 0.29) is 11.9 Å². The number of likely N-dealkylation sites (tertiary alicyclic amines) is 1. The maximum Gasteiger partial charge on any atom is 0.123 e. The van der Waals surface area contributed by atoms with E-state index in [0.717, 1.165) is 25.3 Å². The molecule has 3 nitrogen and oxygen atoms in total. The van der Waals surface area contributed by atoms with Gasteiger partial charge in [0.1, 0.15) is 5.82 Å². The van der Waals surface area contributed by atoms with Crippen LogP contribution in [0.5, 0.6) is 0 Å². The number of hydrogen-bond acceptors (Lipinski definition) is 3. The zero-order valence-electron chi connectivity index (χ0n) is 12.0. The molecule has 1 aliphatic rings. The summed E-state index contributed by atoms with van der Waals surface area (Å²) < 4.78 is 13.1. The van der Waals surface area contributed by atoms with Crippen LogP contribution in [0.15, 0.2) is 48.8 Å². The molecule has 0 spiro atoms. The number of aromatic nitrogens is 1. The van der Waals surface area contributed by atoms with Crippen LogP contribution >= 0.6 is 0 Å². The Hall–Kier alpha value is -1.94. The molecule has 1 unspecified atom stereocenters. The summed E-state index contributed by atoms with van der Waals surface area (Å²) in [5, 5.41) is 3.46. The third kappa shape index (κ3) is 3.58. The van der Waals surface area contributed by atoms with E-state index in [1.54, 1.807) is 24.5 Å². The van der Waals surface area contributed by atoms with E-state index in [9.17, 15) is 4.39 Å². The number of rotatable bonds is 5. The molecule has 0 radical (unpaired) electrons. The smallest absolute Gasteiger partial charge is 0.123 e. The lowest BCUT2D eigenvalue weighted by atomic mass is 10.1. The van der Waals surface area contributed by atoms with Crippen molar-refractivity contribution >= 4 is 5.69 Å². The Labute approximate surface area is 124 Å². The Bertz CT molecular complexity index is 550. The van der Waals surface area contributed by atoms with E-state index in [1.165, 1.54) is 18.4 Å². The van der Waals surface area contributed by atoms with Crippen LogP contribution in [0.4, 0.5) is 10.1 Å². The first kappa shape index (κ1) is 14.0. The molecule has 1 aliphatic heterocycles. The first-order chi connectivity index (χ1) is 10.3. The molecule has 1 atom stereocenters. The van der Waals surface area contributed by atoms with Crippen LogP contribution in [-0.2, 0) is 0 Å². The van der Waals surface area contributed by atoms with Gasteiger partial charge in [0.25, 0.3) is 0 Å². The van der Waals surface area contributed by atoms with Gasteiger partial charge in [0.15, 0.2) is 0 Å². The summed E-state index contributed by atoms with van der Waals surface area (Å²) in [7, 11) is 0. The number of anilines is 1. The molecule has 1 N–H and O–H groups in total. The zero-order chi connectivity index (χ0) is 14.5. The summed E-state index contributed by atoms with van der Waals surface area (Å²) >= 11 is 0.